The second-order valence-corrected chi connectivity index (χ2v) is 8.22. The Morgan fingerprint density at radius 3 is 2.38 bits per heavy atom. The van der Waals surface area contributed by atoms with Gasteiger partial charge in [-0.15, -0.1) is 0 Å². The van der Waals surface area contributed by atoms with E-state index in [1.54, 1.807) is 12.1 Å². The van der Waals surface area contributed by atoms with Gasteiger partial charge in [-0.1, -0.05) is 6.07 Å². The molecule has 1 aliphatic carbocycles. The van der Waals surface area contributed by atoms with Crippen molar-refractivity contribution in [1.29, 1.82) is 0 Å². The van der Waals surface area contributed by atoms with Crippen LogP contribution >= 0.6 is 0 Å². The van der Waals surface area contributed by atoms with Crippen LogP contribution in [0.1, 0.15) is 29.5 Å². The number of benzene rings is 2. The fourth-order valence-electron chi connectivity index (χ4n) is 3.63. The molecule has 24 heavy (non-hydrogen) atoms. The highest BCUT2D eigenvalue weighted by Gasteiger charge is 2.31. The number of hydrogen-bond acceptors (Lipinski definition) is 2. The van der Waals surface area contributed by atoms with Gasteiger partial charge in [-0.2, -0.15) is 0 Å². The quantitative estimate of drug-likeness (QED) is 0.831. The minimum absolute atomic E-state index is 0.223. The monoisotopic (exact) mass is 349 g/mol. The number of sulfonamides is 1. The zero-order valence-corrected chi connectivity index (χ0v) is 13.9. The van der Waals surface area contributed by atoms with Crippen LogP contribution in [-0.2, 0) is 29.3 Å². The van der Waals surface area contributed by atoms with Crippen LogP contribution in [0.25, 0.3) is 0 Å². The molecule has 0 fully saturated rings. The molecule has 3 nitrogen and oxygen atoms in total. The highest BCUT2D eigenvalue weighted by molar-refractivity contribution is 7.92. The summed E-state index contributed by atoms with van der Waals surface area (Å²) in [5, 5.41) is 0. The molecule has 126 valence electrons. The third-order valence-corrected chi connectivity index (χ3v) is 6.66. The fraction of sp³-hybridized carbons (Fsp3) is 0.333. The van der Waals surface area contributed by atoms with Crippen molar-refractivity contribution >= 4 is 15.7 Å². The summed E-state index contributed by atoms with van der Waals surface area (Å²) in [7, 11) is -3.78. The molecule has 0 N–H and O–H groups in total. The van der Waals surface area contributed by atoms with Gasteiger partial charge in [0.15, 0.2) is 11.6 Å². The molecule has 0 amide bonds. The maximum Gasteiger partial charge on any atom is 0.264 e. The average molecular weight is 349 g/mol. The lowest BCUT2D eigenvalue weighted by Crippen LogP contribution is -2.35. The van der Waals surface area contributed by atoms with Crippen LogP contribution in [0.3, 0.4) is 0 Å². The van der Waals surface area contributed by atoms with E-state index in [4.69, 9.17) is 0 Å². The van der Waals surface area contributed by atoms with E-state index < -0.39 is 21.7 Å². The summed E-state index contributed by atoms with van der Waals surface area (Å²) >= 11 is 0. The van der Waals surface area contributed by atoms with Crippen molar-refractivity contribution in [2.75, 3.05) is 10.8 Å². The van der Waals surface area contributed by atoms with Crippen LogP contribution in [0.5, 0.6) is 0 Å². The van der Waals surface area contributed by atoms with Crippen LogP contribution in [0.15, 0.2) is 35.2 Å². The van der Waals surface area contributed by atoms with E-state index in [0.717, 1.165) is 37.0 Å². The van der Waals surface area contributed by atoms with Gasteiger partial charge in [-0.25, -0.2) is 17.2 Å². The normalized spacial score (nSPS) is 16.8. The first-order valence-corrected chi connectivity index (χ1v) is 9.53. The van der Waals surface area contributed by atoms with Crippen LogP contribution in [0.2, 0.25) is 0 Å². The van der Waals surface area contributed by atoms with Crippen LogP contribution in [-0.4, -0.2) is 15.0 Å². The number of fused-ring (bicyclic) bond motifs is 2. The molecule has 4 rings (SSSR count). The molecule has 0 unspecified atom stereocenters. The lowest BCUT2D eigenvalue weighted by Gasteiger charge is -2.30. The van der Waals surface area contributed by atoms with Gasteiger partial charge in [0, 0.05) is 12.6 Å². The molecule has 0 saturated carbocycles. The Hall–Kier alpha value is -1.95. The largest absolute Gasteiger partial charge is 0.266 e. The highest BCUT2D eigenvalue weighted by atomic mass is 32.2. The van der Waals surface area contributed by atoms with Crippen LogP contribution < -0.4 is 4.31 Å². The number of hydrogen-bond donors (Lipinski definition) is 0. The Morgan fingerprint density at radius 2 is 1.54 bits per heavy atom. The lowest BCUT2D eigenvalue weighted by molar-refractivity contribution is 0.505. The van der Waals surface area contributed by atoms with E-state index in [1.807, 2.05) is 6.07 Å². The summed E-state index contributed by atoms with van der Waals surface area (Å²) in [5.41, 5.74) is 3.05. The standard InChI is InChI=1S/C18H17F2NO2S/c19-16-10-14-5-2-8-21(18(14)11-17(16)20)24(22,23)15-7-6-12-3-1-4-13(12)9-15/h6-7,9-11H,1-5,8H2. The number of anilines is 1. The molecule has 0 atom stereocenters. The van der Waals surface area contributed by atoms with Gasteiger partial charge in [-0.05, 0) is 67.0 Å². The van der Waals surface area contributed by atoms with Crippen molar-refractivity contribution in [1.82, 2.24) is 0 Å². The summed E-state index contributed by atoms with van der Waals surface area (Å²) in [5.74, 6) is -1.96. The van der Waals surface area contributed by atoms with Crippen molar-refractivity contribution in [2.24, 2.45) is 0 Å². The Morgan fingerprint density at radius 1 is 0.833 bits per heavy atom. The molecule has 0 bridgehead atoms. The van der Waals surface area contributed by atoms with Gasteiger partial charge < -0.3 is 0 Å². The van der Waals surface area contributed by atoms with E-state index in [2.05, 4.69) is 0 Å². The molecule has 6 heteroatoms. The van der Waals surface area contributed by atoms with Crippen molar-refractivity contribution in [2.45, 2.75) is 37.0 Å². The number of halogens is 2. The third-order valence-electron chi connectivity index (χ3n) is 4.86. The van der Waals surface area contributed by atoms with Crippen molar-refractivity contribution in [3.63, 3.8) is 0 Å². The van der Waals surface area contributed by atoms with Gasteiger partial charge in [0.1, 0.15) is 0 Å². The molecule has 0 spiro atoms. The Bertz CT molecular complexity index is 925. The predicted molar refractivity (Wildman–Crippen MR) is 87.7 cm³/mol. The second kappa shape index (κ2) is 5.55. The number of aryl methyl sites for hydroxylation is 3. The zero-order valence-electron chi connectivity index (χ0n) is 13.1. The van der Waals surface area contributed by atoms with Crippen molar-refractivity contribution in [3.05, 3.63) is 58.7 Å². The molecule has 2 aromatic rings. The third kappa shape index (κ3) is 2.40. The van der Waals surface area contributed by atoms with Crippen LogP contribution in [0, 0.1) is 11.6 Å². The van der Waals surface area contributed by atoms with Gasteiger partial charge >= 0.3 is 0 Å². The van der Waals surface area contributed by atoms with Crippen LogP contribution in [0.4, 0.5) is 14.5 Å². The molecule has 0 radical (unpaired) electrons. The summed E-state index contributed by atoms with van der Waals surface area (Å²) in [6.07, 6.45) is 4.03. The van der Waals surface area contributed by atoms with E-state index in [0.29, 0.717) is 18.4 Å². The van der Waals surface area contributed by atoms with Gasteiger partial charge in [0.2, 0.25) is 0 Å². The maximum atomic E-state index is 13.7. The highest BCUT2D eigenvalue weighted by Crippen LogP contribution is 2.34. The molecule has 1 aliphatic heterocycles. The first-order chi connectivity index (χ1) is 11.5. The summed E-state index contributed by atoms with van der Waals surface area (Å²) < 4.78 is 54.4. The van der Waals surface area contributed by atoms with Crippen molar-refractivity contribution in [3.8, 4) is 0 Å². The number of nitrogens with zero attached hydrogens (tertiary/aromatic N) is 1. The van der Waals surface area contributed by atoms with Gasteiger partial charge in [-0.3, -0.25) is 4.31 Å². The Labute approximate surface area is 140 Å². The predicted octanol–water partition coefficient (Wildman–Crippen LogP) is 3.60. The van der Waals surface area contributed by atoms with E-state index in [1.165, 1.54) is 9.87 Å². The minimum atomic E-state index is -3.78. The van der Waals surface area contributed by atoms with Gasteiger partial charge in [0.25, 0.3) is 10.0 Å². The smallest absolute Gasteiger partial charge is 0.264 e. The SMILES string of the molecule is O=S(=O)(c1ccc2c(c1)CCC2)N1CCCc2cc(F)c(F)cc21. The zero-order chi connectivity index (χ0) is 16.9. The Balaban J connectivity index is 1.80. The van der Waals surface area contributed by atoms with Crippen molar-refractivity contribution < 1.29 is 17.2 Å². The van der Waals surface area contributed by atoms with E-state index >= 15 is 0 Å². The molecule has 0 saturated heterocycles. The summed E-state index contributed by atoms with van der Waals surface area (Å²) in [6.45, 7) is 0.275. The molecular formula is C18H17F2NO2S. The summed E-state index contributed by atoms with van der Waals surface area (Å²) in [4.78, 5) is 0.223. The maximum absolute atomic E-state index is 13.7. The molecular weight excluding hydrogens is 332 g/mol. The fourth-order valence-corrected chi connectivity index (χ4v) is 5.21. The summed E-state index contributed by atoms with van der Waals surface area (Å²) in [6, 6.07) is 7.31. The second-order valence-electron chi connectivity index (χ2n) is 6.36. The van der Waals surface area contributed by atoms with Gasteiger partial charge in [0.05, 0.1) is 10.6 Å². The minimum Gasteiger partial charge on any atom is -0.266 e. The van der Waals surface area contributed by atoms with E-state index in [9.17, 15) is 17.2 Å². The lowest BCUT2D eigenvalue weighted by atomic mass is 10.0. The topological polar surface area (TPSA) is 37.4 Å². The molecule has 1 heterocycles. The Kier molecular flexibility index (Phi) is 3.60. The van der Waals surface area contributed by atoms with E-state index in [-0.39, 0.29) is 17.1 Å². The molecule has 0 aromatic heterocycles. The average Bonchev–Trinajstić information content (AvgIpc) is 3.03. The first-order valence-electron chi connectivity index (χ1n) is 8.09. The number of rotatable bonds is 2. The first kappa shape index (κ1) is 15.6. The molecule has 2 aromatic carbocycles. The molecule has 2 aliphatic rings.